The van der Waals surface area contributed by atoms with Crippen LogP contribution >= 0.6 is 0 Å². The molecule has 4 rings (SSSR count). The zero-order valence-corrected chi connectivity index (χ0v) is 16.0. The molecule has 2 heterocycles. The van der Waals surface area contributed by atoms with E-state index in [0.717, 1.165) is 38.0 Å². The predicted octanol–water partition coefficient (Wildman–Crippen LogP) is 2.45. The summed E-state index contributed by atoms with van der Waals surface area (Å²) in [5.41, 5.74) is 8.22. The molecule has 1 aliphatic rings. The van der Waals surface area contributed by atoms with Gasteiger partial charge in [0, 0.05) is 50.0 Å². The summed E-state index contributed by atoms with van der Waals surface area (Å²) >= 11 is 0. The van der Waals surface area contributed by atoms with E-state index in [9.17, 15) is 4.79 Å². The van der Waals surface area contributed by atoms with E-state index in [-0.39, 0.29) is 18.5 Å². The maximum Gasteiger partial charge on any atom is 0.236 e. The summed E-state index contributed by atoms with van der Waals surface area (Å²) in [6.45, 7) is 3.37. The number of hydrogen-bond donors (Lipinski definition) is 1. The summed E-state index contributed by atoms with van der Waals surface area (Å²) in [6.07, 6.45) is 4.61. The fraction of sp³-hybridized carbons (Fsp3) is 0.304. The average Bonchev–Trinajstić information content (AvgIpc) is 2.74. The molecule has 3 aromatic rings. The van der Waals surface area contributed by atoms with Crippen molar-refractivity contribution in [3.8, 4) is 0 Å². The van der Waals surface area contributed by atoms with Crippen LogP contribution < -0.4 is 5.73 Å². The van der Waals surface area contributed by atoms with Gasteiger partial charge >= 0.3 is 0 Å². The zero-order chi connectivity index (χ0) is 19.3. The first-order chi connectivity index (χ1) is 13.7. The van der Waals surface area contributed by atoms with Gasteiger partial charge in [-0.25, -0.2) is 0 Å². The molecule has 0 radical (unpaired) electrons. The molecule has 1 amide bonds. The Balaban J connectivity index is 1.53. The highest BCUT2D eigenvalue weighted by molar-refractivity contribution is 5.84. The Labute approximate surface area is 165 Å². The number of hydrogen-bond acceptors (Lipinski definition) is 4. The molecule has 1 fully saturated rings. The van der Waals surface area contributed by atoms with E-state index in [4.69, 9.17) is 5.73 Å². The minimum Gasteiger partial charge on any atom is -0.336 e. The molecular weight excluding hydrogens is 348 g/mol. The Morgan fingerprint density at radius 2 is 1.93 bits per heavy atom. The first-order valence-electron chi connectivity index (χ1n) is 9.82. The third-order valence-corrected chi connectivity index (χ3v) is 5.54. The van der Waals surface area contributed by atoms with Crippen molar-refractivity contribution >= 4 is 16.7 Å². The third-order valence-electron chi connectivity index (χ3n) is 5.54. The maximum atomic E-state index is 12.4. The number of nitrogens with two attached hydrogens (primary N) is 1. The van der Waals surface area contributed by atoms with Gasteiger partial charge in [-0.1, -0.05) is 48.5 Å². The predicted molar refractivity (Wildman–Crippen MR) is 112 cm³/mol. The Morgan fingerprint density at radius 1 is 1.07 bits per heavy atom. The normalized spacial score (nSPS) is 17.8. The van der Waals surface area contributed by atoms with Crippen molar-refractivity contribution in [2.24, 2.45) is 5.73 Å². The molecule has 0 aliphatic carbocycles. The van der Waals surface area contributed by atoms with Gasteiger partial charge in [-0.2, -0.15) is 0 Å². The fourth-order valence-corrected chi connectivity index (χ4v) is 4.14. The molecule has 0 spiro atoms. The molecule has 2 aromatic carbocycles. The largest absolute Gasteiger partial charge is 0.336 e. The second-order valence-electron chi connectivity index (χ2n) is 7.38. The highest BCUT2D eigenvalue weighted by Crippen LogP contribution is 2.22. The van der Waals surface area contributed by atoms with Gasteiger partial charge in [-0.3, -0.25) is 14.7 Å². The lowest BCUT2D eigenvalue weighted by atomic mass is 10.0. The highest BCUT2D eigenvalue weighted by atomic mass is 16.2. The van der Waals surface area contributed by atoms with Gasteiger partial charge in [-0.15, -0.1) is 0 Å². The molecular formula is C23H26N4O. The molecule has 28 heavy (non-hydrogen) atoms. The molecule has 144 valence electrons. The Morgan fingerprint density at radius 3 is 2.75 bits per heavy atom. The third kappa shape index (κ3) is 4.06. The molecule has 1 saturated heterocycles. The van der Waals surface area contributed by atoms with Crippen molar-refractivity contribution < 1.29 is 4.79 Å². The van der Waals surface area contributed by atoms with E-state index in [0.29, 0.717) is 0 Å². The van der Waals surface area contributed by atoms with E-state index in [1.54, 1.807) is 0 Å². The van der Waals surface area contributed by atoms with Crippen LogP contribution in [0.15, 0.2) is 67.0 Å². The molecule has 1 atom stereocenters. The van der Waals surface area contributed by atoms with E-state index >= 15 is 0 Å². The zero-order valence-electron chi connectivity index (χ0n) is 16.0. The number of fused-ring (bicyclic) bond motifs is 1. The standard InChI is InChI=1S/C23H26N4O/c24-14-23(28)27-12-11-26(17-21(27)13-18-5-2-1-3-6-18)16-20-8-4-7-19-15-25-10-9-22(19)20/h1-10,15,21H,11-14,16-17,24H2. The number of amides is 1. The number of carbonyl (C=O) groups excluding carboxylic acids is 1. The maximum absolute atomic E-state index is 12.4. The second kappa shape index (κ2) is 8.50. The fourth-order valence-electron chi connectivity index (χ4n) is 4.14. The summed E-state index contributed by atoms with van der Waals surface area (Å²) in [4.78, 5) is 21.0. The van der Waals surface area contributed by atoms with Crippen LogP contribution in [0.5, 0.6) is 0 Å². The van der Waals surface area contributed by atoms with Crippen molar-refractivity contribution in [2.75, 3.05) is 26.2 Å². The smallest absolute Gasteiger partial charge is 0.236 e. The van der Waals surface area contributed by atoms with E-state index < -0.39 is 0 Å². The molecule has 1 unspecified atom stereocenters. The van der Waals surface area contributed by atoms with Gasteiger partial charge in [0.25, 0.3) is 0 Å². The lowest BCUT2D eigenvalue weighted by Gasteiger charge is -2.41. The van der Waals surface area contributed by atoms with Crippen LogP contribution in [-0.2, 0) is 17.8 Å². The van der Waals surface area contributed by atoms with Crippen LogP contribution in [0.2, 0.25) is 0 Å². The van der Waals surface area contributed by atoms with Crippen LogP contribution in [0.4, 0.5) is 0 Å². The summed E-state index contributed by atoms with van der Waals surface area (Å²) in [5.74, 6) is 0.0387. The summed E-state index contributed by atoms with van der Waals surface area (Å²) < 4.78 is 0. The highest BCUT2D eigenvalue weighted by Gasteiger charge is 2.30. The van der Waals surface area contributed by atoms with Gasteiger partial charge in [0.15, 0.2) is 0 Å². The van der Waals surface area contributed by atoms with Crippen molar-refractivity contribution in [3.63, 3.8) is 0 Å². The lowest BCUT2D eigenvalue weighted by molar-refractivity contribution is -0.134. The molecule has 2 N–H and O–H groups in total. The van der Waals surface area contributed by atoms with E-state index in [2.05, 4.69) is 58.4 Å². The van der Waals surface area contributed by atoms with Crippen LogP contribution in [0.25, 0.3) is 10.8 Å². The van der Waals surface area contributed by atoms with Crippen molar-refractivity contribution in [1.82, 2.24) is 14.8 Å². The van der Waals surface area contributed by atoms with Crippen molar-refractivity contribution in [3.05, 3.63) is 78.1 Å². The molecule has 0 bridgehead atoms. The number of rotatable bonds is 5. The molecule has 1 aliphatic heterocycles. The monoisotopic (exact) mass is 374 g/mol. The van der Waals surface area contributed by atoms with Crippen LogP contribution in [0.3, 0.4) is 0 Å². The van der Waals surface area contributed by atoms with Gasteiger partial charge < -0.3 is 10.6 Å². The van der Waals surface area contributed by atoms with Crippen molar-refractivity contribution in [2.45, 2.75) is 19.0 Å². The van der Waals surface area contributed by atoms with Gasteiger partial charge in [0.1, 0.15) is 0 Å². The number of carbonyl (C=O) groups is 1. The summed E-state index contributed by atoms with van der Waals surface area (Å²) in [5, 5.41) is 2.41. The molecule has 1 aromatic heterocycles. The number of nitrogens with zero attached hydrogens (tertiary/aromatic N) is 3. The minimum atomic E-state index is 0.0387. The van der Waals surface area contributed by atoms with E-state index in [1.807, 2.05) is 23.4 Å². The molecule has 5 nitrogen and oxygen atoms in total. The quantitative estimate of drug-likeness (QED) is 0.745. The van der Waals surface area contributed by atoms with Gasteiger partial charge in [-0.05, 0) is 29.0 Å². The van der Waals surface area contributed by atoms with Crippen LogP contribution in [-0.4, -0.2) is 52.9 Å². The average molecular weight is 374 g/mol. The van der Waals surface area contributed by atoms with E-state index in [1.165, 1.54) is 16.5 Å². The lowest BCUT2D eigenvalue weighted by Crippen LogP contribution is -2.56. The van der Waals surface area contributed by atoms with Gasteiger partial charge in [0.2, 0.25) is 5.91 Å². The molecule has 0 saturated carbocycles. The Bertz CT molecular complexity index is 938. The minimum absolute atomic E-state index is 0.0387. The Kier molecular flexibility index (Phi) is 5.65. The second-order valence-corrected chi connectivity index (χ2v) is 7.38. The Hall–Kier alpha value is -2.76. The van der Waals surface area contributed by atoms with Crippen LogP contribution in [0.1, 0.15) is 11.1 Å². The summed E-state index contributed by atoms with van der Waals surface area (Å²) in [7, 11) is 0. The number of aromatic nitrogens is 1. The first kappa shape index (κ1) is 18.6. The number of benzene rings is 2. The number of piperazine rings is 1. The first-order valence-corrected chi connectivity index (χ1v) is 9.82. The van der Waals surface area contributed by atoms with Gasteiger partial charge in [0.05, 0.1) is 6.54 Å². The van der Waals surface area contributed by atoms with Crippen LogP contribution in [0, 0.1) is 0 Å². The van der Waals surface area contributed by atoms with Crippen molar-refractivity contribution in [1.29, 1.82) is 0 Å². The number of pyridine rings is 1. The topological polar surface area (TPSA) is 62.5 Å². The SMILES string of the molecule is NCC(=O)N1CCN(Cc2cccc3cnccc23)CC1Cc1ccccc1. The molecule has 5 heteroatoms. The summed E-state index contributed by atoms with van der Waals surface area (Å²) in [6, 6.07) is 19.0.